The third kappa shape index (κ3) is 2.20. The highest BCUT2D eigenvalue weighted by molar-refractivity contribution is 6.07. The van der Waals surface area contributed by atoms with E-state index in [0.717, 1.165) is 10.9 Å². The molecular formula is C13H14N2O3. The van der Waals surface area contributed by atoms with Gasteiger partial charge in [0, 0.05) is 22.7 Å². The van der Waals surface area contributed by atoms with Crippen LogP contribution in [0.3, 0.4) is 0 Å². The van der Waals surface area contributed by atoms with Gasteiger partial charge in [-0.05, 0) is 24.6 Å². The minimum absolute atomic E-state index is 0.351. The van der Waals surface area contributed by atoms with Crippen LogP contribution in [0.2, 0.25) is 0 Å². The average molecular weight is 246 g/mol. The molecule has 18 heavy (non-hydrogen) atoms. The van der Waals surface area contributed by atoms with Crippen molar-refractivity contribution in [3.8, 4) is 0 Å². The molecule has 0 fully saturated rings. The van der Waals surface area contributed by atoms with Crippen LogP contribution in [0, 0.1) is 0 Å². The van der Waals surface area contributed by atoms with Crippen LogP contribution in [0.25, 0.3) is 10.9 Å². The van der Waals surface area contributed by atoms with Gasteiger partial charge in [0.05, 0.1) is 0 Å². The second-order valence-corrected chi connectivity index (χ2v) is 4.02. The van der Waals surface area contributed by atoms with E-state index in [0.29, 0.717) is 12.0 Å². The molecule has 1 atom stereocenters. The van der Waals surface area contributed by atoms with Crippen molar-refractivity contribution in [2.24, 2.45) is 0 Å². The van der Waals surface area contributed by atoms with Gasteiger partial charge in [-0.2, -0.15) is 0 Å². The summed E-state index contributed by atoms with van der Waals surface area (Å²) in [7, 11) is 0. The van der Waals surface area contributed by atoms with Gasteiger partial charge in [-0.3, -0.25) is 4.79 Å². The van der Waals surface area contributed by atoms with Gasteiger partial charge >= 0.3 is 5.97 Å². The van der Waals surface area contributed by atoms with Crippen molar-refractivity contribution in [1.82, 2.24) is 10.3 Å². The van der Waals surface area contributed by atoms with E-state index in [1.54, 1.807) is 31.3 Å². The molecule has 2 rings (SSSR count). The van der Waals surface area contributed by atoms with E-state index in [1.165, 1.54) is 0 Å². The topological polar surface area (TPSA) is 82.2 Å². The number of aromatic nitrogens is 1. The fourth-order valence-corrected chi connectivity index (χ4v) is 1.86. The number of carboxylic acids is 1. The summed E-state index contributed by atoms with van der Waals surface area (Å²) in [6.45, 7) is 1.72. The molecule has 2 aromatic rings. The molecule has 0 unspecified atom stereocenters. The zero-order chi connectivity index (χ0) is 13.1. The molecule has 0 aliphatic heterocycles. The highest BCUT2D eigenvalue weighted by atomic mass is 16.4. The first-order valence-electron chi connectivity index (χ1n) is 5.73. The van der Waals surface area contributed by atoms with Crippen molar-refractivity contribution in [2.45, 2.75) is 19.4 Å². The minimum atomic E-state index is -1.02. The summed E-state index contributed by atoms with van der Waals surface area (Å²) < 4.78 is 0. The zero-order valence-electron chi connectivity index (χ0n) is 9.93. The molecule has 1 aromatic carbocycles. The molecule has 5 nitrogen and oxygen atoms in total. The lowest BCUT2D eigenvalue weighted by atomic mass is 10.1. The molecule has 5 heteroatoms. The van der Waals surface area contributed by atoms with Gasteiger partial charge in [0.25, 0.3) is 5.91 Å². The summed E-state index contributed by atoms with van der Waals surface area (Å²) in [5, 5.41) is 12.2. The smallest absolute Gasteiger partial charge is 0.326 e. The number of amides is 1. The predicted molar refractivity (Wildman–Crippen MR) is 67.5 cm³/mol. The number of H-pyrrole nitrogens is 1. The van der Waals surface area contributed by atoms with Crippen LogP contribution in [-0.2, 0) is 4.79 Å². The standard InChI is InChI=1S/C13H14N2O3/c1-2-10(13(17)18)15-12(16)9-4-3-5-11-8(9)6-7-14-11/h3-7,10,14H,2H2,1H3,(H,15,16)(H,17,18)/t10-/m0/s1. The van der Waals surface area contributed by atoms with Crippen LogP contribution in [-0.4, -0.2) is 28.0 Å². The number of fused-ring (bicyclic) bond motifs is 1. The van der Waals surface area contributed by atoms with Crippen molar-refractivity contribution in [3.63, 3.8) is 0 Å². The quantitative estimate of drug-likeness (QED) is 0.768. The Morgan fingerprint density at radius 2 is 2.17 bits per heavy atom. The highest BCUT2D eigenvalue weighted by Gasteiger charge is 2.19. The van der Waals surface area contributed by atoms with Crippen molar-refractivity contribution < 1.29 is 14.7 Å². The minimum Gasteiger partial charge on any atom is -0.480 e. The number of hydrogen-bond acceptors (Lipinski definition) is 2. The van der Waals surface area contributed by atoms with E-state index in [2.05, 4.69) is 10.3 Å². The lowest BCUT2D eigenvalue weighted by Crippen LogP contribution is -2.40. The summed E-state index contributed by atoms with van der Waals surface area (Å²) in [4.78, 5) is 25.9. The Bertz CT molecular complexity index is 589. The number of nitrogens with one attached hydrogen (secondary N) is 2. The molecule has 0 saturated heterocycles. The number of carbonyl (C=O) groups is 2. The van der Waals surface area contributed by atoms with Crippen molar-refractivity contribution >= 4 is 22.8 Å². The van der Waals surface area contributed by atoms with Crippen molar-refractivity contribution in [2.75, 3.05) is 0 Å². The van der Waals surface area contributed by atoms with E-state index in [4.69, 9.17) is 5.11 Å². The molecule has 0 aliphatic rings. The summed E-state index contributed by atoms with van der Waals surface area (Å²) in [5.41, 5.74) is 1.33. The Labute approximate surface area is 104 Å². The Morgan fingerprint density at radius 1 is 1.39 bits per heavy atom. The van der Waals surface area contributed by atoms with Gasteiger partial charge in [-0.1, -0.05) is 13.0 Å². The number of rotatable bonds is 4. The number of benzene rings is 1. The SMILES string of the molecule is CC[C@H](NC(=O)c1cccc2[nH]ccc12)C(=O)O. The third-order valence-electron chi connectivity index (χ3n) is 2.85. The van der Waals surface area contributed by atoms with Gasteiger partial charge in [-0.15, -0.1) is 0 Å². The van der Waals surface area contributed by atoms with E-state index < -0.39 is 12.0 Å². The number of hydrogen-bond donors (Lipinski definition) is 3. The number of aliphatic carboxylic acids is 1. The molecule has 0 spiro atoms. The van der Waals surface area contributed by atoms with Crippen molar-refractivity contribution in [3.05, 3.63) is 36.0 Å². The maximum absolute atomic E-state index is 12.0. The van der Waals surface area contributed by atoms with E-state index in [9.17, 15) is 9.59 Å². The van der Waals surface area contributed by atoms with Crippen LogP contribution >= 0.6 is 0 Å². The highest BCUT2D eigenvalue weighted by Crippen LogP contribution is 2.17. The molecule has 3 N–H and O–H groups in total. The normalized spacial score (nSPS) is 12.3. The van der Waals surface area contributed by atoms with Crippen LogP contribution in [0.15, 0.2) is 30.5 Å². The largest absolute Gasteiger partial charge is 0.480 e. The maximum Gasteiger partial charge on any atom is 0.326 e. The number of carboxylic acid groups (broad SMARTS) is 1. The van der Waals surface area contributed by atoms with Crippen LogP contribution in [0.4, 0.5) is 0 Å². The predicted octanol–water partition coefficient (Wildman–Crippen LogP) is 1.76. The molecule has 0 saturated carbocycles. The lowest BCUT2D eigenvalue weighted by Gasteiger charge is -2.12. The molecule has 0 radical (unpaired) electrons. The zero-order valence-corrected chi connectivity index (χ0v) is 9.93. The first-order valence-corrected chi connectivity index (χ1v) is 5.73. The summed E-state index contributed by atoms with van der Waals surface area (Å²) >= 11 is 0. The summed E-state index contributed by atoms with van der Waals surface area (Å²) in [6.07, 6.45) is 2.10. The molecule has 1 amide bonds. The van der Waals surface area contributed by atoms with E-state index >= 15 is 0 Å². The number of carbonyl (C=O) groups excluding carboxylic acids is 1. The fraction of sp³-hybridized carbons (Fsp3) is 0.231. The van der Waals surface area contributed by atoms with Crippen LogP contribution < -0.4 is 5.32 Å². The van der Waals surface area contributed by atoms with Crippen LogP contribution in [0.5, 0.6) is 0 Å². The molecule has 0 bridgehead atoms. The van der Waals surface area contributed by atoms with Crippen LogP contribution in [0.1, 0.15) is 23.7 Å². The molecule has 94 valence electrons. The van der Waals surface area contributed by atoms with Gasteiger partial charge in [0.2, 0.25) is 0 Å². The Balaban J connectivity index is 2.28. The first-order chi connectivity index (χ1) is 8.63. The monoisotopic (exact) mass is 246 g/mol. The van der Waals surface area contributed by atoms with Gasteiger partial charge in [0.15, 0.2) is 0 Å². The fourth-order valence-electron chi connectivity index (χ4n) is 1.86. The first kappa shape index (κ1) is 12.2. The molecule has 1 aromatic heterocycles. The summed E-state index contributed by atoms with van der Waals surface area (Å²) in [6, 6.07) is 6.24. The van der Waals surface area contributed by atoms with Gasteiger partial charge in [0.1, 0.15) is 6.04 Å². The van der Waals surface area contributed by atoms with Gasteiger partial charge in [-0.25, -0.2) is 4.79 Å². The van der Waals surface area contributed by atoms with E-state index in [1.807, 2.05) is 6.07 Å². The lowest BCUT2D eigenvalue weighted by molar-refractivity contribution is -0.139. The Kier molecular flexibility index (Phi) is 3.32. The molecule has 0 aliphatic carbocycles. The molecule has 1 heterocycles. The average Bonchev–Trinajstić information content (AvgIpc) is 2.82. The second-order valence-electron chi connectivity index (χ2n) is 4.02. The Hall–Kier alpha value is -2.30. The third-order valence-corrected chi connectivity index (χ3v) is 2.85. The summed E-state index contributed by atoms with van der Waals surface area (Å²) in [5.74, 6) is -1.39. The Morgan fingerprint density at radius 3 is 2.83 bits per heavy atom. The molecular weight excluding hydrogens is 232 g/mol. The van der Waals surface area contributed by atoms with Gasteiger partial charge < -0.3 is 15.4 Å². The second kappa shape index (κ2) is 4.91. The van der Waals surface area contributed by atoms with E-state index in [-0.39, 0.29) is 5.91 Å². The van der Waals surface area contributed by atoms with Crippen molar-refractivity contribution in [1.29, 1.82) is 0 Å². The number of aromatic amines is 1. The maximum atomic E-state index is 12.0.